The van der Waals surface area contributed by atoms with Crippen molar-refractivity contribution in [2.75, 3.05) is 26.0 Å². The Hall–Kier alpha value is -2.23. The first-order valence-corrected chi connectivity index (χ1v) is 8.18. The van der Waals surface area contributed by atoms with Crippen LogP contribution in [0.4, 0.5) is 18.9 Å². The van der Waals surface area contributed by atoms with Gasteiger partial charge in [-0.2, -0.15) is 13.2 Å². The molecule has 0 saturated carbocycles. The molecule has 0 N–H and O–H groups in total. The Morgan fingerprint density at radius 3 is 2.68 bits per heavy atom. The summed E-state index contributed by atoms with van der Waals surface area (Å²) in [6.45, 7) is 1.80. The molecule has 1 amide bonds. The number of nitrogens with zero attached hydrogens (tertiary/aromatic N) is 2. The molecule has 0 saturated heterocycles. The summed E-state index contributed by atoms with van der Waals surface area (Å²) in [7, 11) is 1.31. The van der Waals surface area contributed by atoms with Crippen LogP contribution in [0.2, 0.25) is 0 Å². The Morgan fingerprint density at radius 1 is 1.48 bits per heavy atom. The highest BCUT2D eigenvalue weighted by Crippen LogP contribution is 2.29. The maximum absolute atomic E-state index is 12.5. The summed E-state index contributed by atoms with van der Waals surface area (Å²) in [5.74, 6) is -0.503. The summed E-state index contributed by atoms with van der Waals surface area (Å²) in [5, 5.41) is 11.0. The number of carbonyl (C=O) groups excluding carboxylic acids is 1. The minimum Gasteiger partial charge on any atom is -0.490 e. The number of hydrogen-bond donors (Lipinski definition) is 0. The lowest BCUT2D eigenvalue weighted by molar-refractivity contribution is -0.385. The minimum absolute atomic E-state index is 0.108. The van der Waals surface area contributed by atoms with Crippen LogP contribution >= 0.6 is 11.8 Å². The molecular formula is C15H17F3N2O4S. The van der Waals surface area contributed by atoms with Crippen LogP contribution in [0.15, 0.2) is 30.9 Å². The number of halogens is 3. The quantitative estimate of drug-likeness (QED) is 0.374. The second-order valence-electron chi connectivity index (χ2n) is 4.93. The fraction of sp³-hybridized carbons (Fsp3) is 0.400. The largest absolute Gasteiger partial charge is 0.490 e. The highest BCUT2D eigenvalue weighted by atomic mass is 32.2. The molecule has 1 aromatic rings. The Bertz CT molecular complexity index is 638. The first-order valence-electron chi connectivity index (χ1n) is 7.02. The summed E-state index contributed by atoms with van der Waals surface area (Å²) in [6, 6.07) is 4.34. The molecule has 25 heavy (non-hydrogen) atoms. The van der Waals surface area contributed by atoms with E-state index in [4.69, 9.17) is 4.74 Å². The van der Waals surface area contributed by atoms with Gasteiger partial charge >= 0.3 is 11.9 Å². The van der Waals surface area contributed by atoms with Crippen LogP contribution in [0.1, 0.15) is 5.56 Å². The lowest BCUT2D eigenvalue weighted by atomic mass is 10.2. The van der Waals surface area contributed by atoms with E-state index in [2.05, 4.69) is 6.58 Å². The molecule has 0 aliphatic carbocycles. The summed E-state index contributed by atoms with van der Waals surface area (Å²) in [6.07, 6.45) is -3.26. The van der Waals surface area contributed by atoms with Gasteiger partial charge in [0.05, 0.1) is 17.8 Å². The molecule has 1 aromatic carbocycles. The first-order chi connectivity index (χ1) is 11.7. The topological polar surface area (TPSA) is 72.7 Å². The van der Waals surface area contributed by atoms with Crippen molar-refractivity contribution < 1.29 is 27.6 Å². The van der Waals surface area contributed by atoms with Gasteiger partial charge in [-0.3, -0.25) is 14.9 Å². The van der Waals surface area contributed by atoms with Crippen molar-refractivity contribution in [3.8, 4) is 5.75 Å². The summed E-state index contributed by atoms with van der Waals surface area (Å²) in [4.78, 5) is 22.9. The summed E-state index contributed by atoms with van der Waals surface area (Å²) in [5.41, 5.74) is 0.355. The molecule has 0 aromatic heterocycles. The van der Waals surface area contributed by atoms with Crippen LogP contribution in [0, 0.1) is 10.1 Å². The van der Waals surface area contributed by atoms with Crippen LogP contribution in [0.5, 0.6) is 5.75 Å². The van der Waals surface area contributed by atoms with Crippen molar-refractivity contribution in [2.45, 2.75) is 11.9 Å². The van der Waals surface area contributed by atoms with Gasteiger partial charge in [0.1, 0.15) is 6.54 Å². The van der Waals surface area contributed by atoms with Gasteiger partial charge in [0.15, 0.2) is 5.75 Å². The van der Waals surface area contributed by atoms with E-state index in [1.54, 1.807) is 6.07 Å². The van der Waals surface area contributed by atoms with Crippen molar-refractivity contribution in [3.05, 3.63) is 46.5 Å². The fourth-order valence-corrected chi connectivity index (χ4v) is 2.82. The number of ether oxygens (including phenoxy) is 1. The van der Waals surface area contributed by atoms with Crippen molar-refractivity contribution in [1.29, 1.82) is 0 Å². The number of hydrogen-bond acceptors (Lipinski definition) is 5. The molecule has 0 fully saturated rings. The van der Waals surface area contributed by atoms with Crippen LogP contribution in [0.3, 0.4) is 0 Å². The molecule has 0 aliphatic rings. The highest BCUT2D eigenvalue weighted by molar-refractivity contribution is 7.99. The molecule has 0 unspecified atom stereocenters. The van der Waals surface area contributed by atoms with Crippen molar-refractivity contribution in [3.63, 3.8) is 0 Å². The third kappa shape index (κ3) is 7.04. The Morgan fingerprint density at radius 2 is 2.16 bits per heavy atom. The van der Waals surface area contributed by atoms with E-state index in [-0.39, 0.29) is 29.5 Å². The molecule has 138 valence electrons. The smallest absolute Gasteiger partial charge is 0.406 e. The van der Waals surface area contributed by atoms with Crippen LogP contribution < -0.4 is 4.74 Å². The highest BCUT2D eigenvalue weighted by Gasteiger charge is 2.32. The molecule has 6 nitrogen and oxygen atoms in total. The van der Waals surface area contributed by atoms with Gasteiger partial charge in [0.25, 0.3) is 0 Å². The van der Waals surface area contributed by atoms with E-state index in [0.29, 0.717) is 10.5 Å². The normalized spacial score (nSPS) is 11.0. The number of thioether (sulfide) groups is 1. The zero-order valence-corrected chi connectivity index (χ0v) is 14.2. The Kier molecular flexibility index (Phi) is 7.75. The van der Waals surface area contributed by atoms with Gasteiger partial charge in [-0.25, -0.2) is 0 Å². The van der Waals surface area contributed by atoms with E-state index >= 15 is 0 Å². The second kappa shape index (κ2) is 9.30. The molecule has 0 atom stereocenters. The maximum atomic E-state index is 12.5. The zero-order valence-electron chi connectivity index (χ0n) is 13.4. The average molecular weight is 378 g/mol. The number of amides is 1. The third-order valence-corrected chi connectivity index (χ3v) is 4.00. The summed E-state index contributed by atoms with van der Waals surface area (Å²) < 4.78 is 42.3. The van der Waals surface area contributed by atoms with E-state index in [1.807, 2.05) is 0 Å². The van der Waals surface area contributed by atoms with Crippen LogP contribution in [0.25, 0.3) is 0 Å². The molecular weight excluding hydrogens is 361 g/mol. The van der Waals surface area contributed by atoms with Crippen LogP contribution in [-0.4, -0.2) is 47.9 Å². The van der Waals surface area contributed by atoms with Crippen molar-refractivity contribution in [2.24, 2.45) is 0 Å². The van der Waals surface area contributed by atoms with Gasteiger partial charge in [0, 0.05) is 18.4 Å². The standard InChI is InChI=1S/C15H17F3N2O4S/c1-3-6-19(10-15(16,17)18)14(21)9-25-8-11-4-5-13(24-2)12(7-11)20(22)23/h3-5,7H,1,6,8-10H2,2H3. The van der Waals surface area contributed by atoms with E-state index < -0.39 is 23.6 Å². The van der Waals surface area contributed by atoms with Crippen molar-refractivity contribution in [1.82, 2.24) is 4.90 Å². The third-order valence-electron chi connectivity index (χ3n) is 3.01. The number of rotatable bonds is 9. The maximum Gasteiger partial charge on any atom is 0.406 e. The second-order valence-corrected chi connectivity index (χ2v) is 5.92. The van der Waals surface area contributed by atoms with Gasteiger partial charge in [-0.05, 0) is 11.6 Å². The lowest BCUT2D eigenvalue weighted by Crippen LogP contribution is -2.40. The van der Waals surface area contributed by atoms with Crippen LogP contribution in [-0.2, 0) is 10.5 Å². The predicted molar refractivity (Wildman–Crippen MR) is 88.6 cm³/mol. The molecule has 10 heteroatoms. The summed E-state index contributed by atoms with van der Waals surface area (Å²) >= 11 is 1.07. The molecule has 0 radical (unpaired) electrons. The molecule has 0 heterocycles. The number of benzene rings is 1. The average Bonchev–Trinajstić information content (AvgIpc) is 2.53. The zero-order chi connectivity index (χ0) is 19.0. The van der Waals surface area contributed by atoms with E-state index in [1.165, 1.54) is 25.3 Å². The van der Waals surface area contributed by atoms with Gasteiger partial charge in [-0.15, -0.1) is 18.3 Å². The number of carbonyl (C=O) groups is 1. The predicted octanol–water partition coefficient (Wildman–Crippen LogP) is 3.41. The molecule has 0 aliphatic heterocycles. The van der Waals surface area contributed by atoms with Gasteiger partial charge < -0.3 is 9.64 Å². The minimum atomic E-state index is -4.49. The fourth-order valence-electron chi connectivity index (χ4n) is 1.94. The number of nitro benzene ring substituents is 1. The Labute approximate surface area is 146 Å². The first kappa shape index (κ1) is 20.8. The number of alkyl halides is 3. The molecule has 0 bridgehead atoms. The number of nitro groups is 1. The molecule has 1 rings (SSSR count). The van der Waals surface area contributed by atoms with Gasteiger partial charge in [0.2, 0.25) is 5.91 Å². The lowest BCUT2D eigenvalue weighted by Gasteiger charge is -2.22. The van der Waals surface area contributed by atoms with E-state index in [0.717, 1.165) is 11.8 Å². The number of methoxy groups -OCH3 is 1. The van der Waals surface area contributed by atoms with Gasteiger partial charge in [-0.1, -0.05) is 12.1 Å². The SMILES string of the molecule is C=CCN(CC(F)(F)F)C(=O)CSCc1ccc(OC)c([N+](=O)[O-])c1. The van der Waals surface area contributed by atoms with Crippen molar-refractivity contribution >= 4 is 23.4 Å². The monoisotopic (exact) mass is 378 g/mol. The molecule has 0 spiro atoms. The Balaban J connectivity index is 2.66. The van der Waals surface area contributed by atoms with E-state index in [9.17, 15) is 28.1 Å².